The van der Waals surface area contributed by atoms with E-state index in [1.54, 1.807) is 35.4 Å². The number of benzene rings is 1. The molecule has 0 bridgehead atoms. The Morgan fingerprint density at radius 1 is 1.15 bits per heavy atom. The van der Waals surface area contributed by atoms with Crippen molar-refractivity contribution in [3.8, 4) is 0 Å². The van der Waals surface area contributed by atoms with E-state index >= 15 is 0 Å². The molecule has 5 nitrogen and oxygen atoms in total. The van der Waals surface area contributed by atoms with Crippen molar-refractivity contribution in [2.45, 2.75) is 12.8 Å². The molecule has 9 heteroatoms. The Balaban J connectivity index is 1.69. The summed E-state index contributed by atoms with van der Waals surface area (Å²) < 4.78 is 40.8. The molecule has 1 aliphatic rings. The van der Waals surface area contributed by atoms with Crippen molar-refractivity contribution < 1.29 is 13.2 Å². The molecular weight excluding hydrogens is 377 g/mol. The molecular formula is C18H13F3N4OS. The van der Waals surface area contributed by atoms with Crippen molar-refractivity contribution in [1.82, 2.24) is 9.55 Å². The molecule has 2 aromatic heterocycles. The quantitative estimate of drug-likeness (QED) is 0.674. The van der Waals surface area contributed by atoms with Crippen LogP contribution in [-0.4, -0.2) is 16.2 Å². The van der Waals surface area contributed by atoms with Crippen molar-refractivity contribution in [1.29, 1.82) is 0 Å². The third-order valence-electron chi connectivity index (χ3n) is 4.08. The number of nitrogens with zero attached hydrogens (tertiary/aromatic N) is 4. The second kappa shape index (κ2) is 6.66. The Kier molecular flexibility index (Phi) is 4.31. The maximum Gasteiger partial charge on any atom is 0.416 e. The molecule has 0 saturated heterocycles. The summed E-state index contributed by atoms with van der Waals surface area (Å²) in [6.45, 7) is 0.329. The number of hydrogen-bond acceptors (Lipinski definition) is 5. The van der Waals surface area contributed by atoms with Gasteiger partial charge in [-0.1, -0.05) is 23.5 Å². The van der Waals surface area contributed by atoms with E-state index < -0.39 is 11.7 Å². The smallest absolute Gasteiger partial charge is 0.334 e. The van der Waals surface area contributed by atoms with Crippen molar-refractivity contribution in [3.63, 3.8) is 0 Å². The first kappa shape index (κ1) is 17.5. The average molecular weight is 390 g/mol. The SMILES string of the molecule is O=c1/c(=C\c2ccccn2)sc2n1CN(c1cccc(C(F)(F)F)c1)CN=2. The van der Waals surface area contributed by atoms with Crippen LogP contribution in [0.5, 0.6) is 0 Å². The highest BCUT2D eigenvalue weighted by atomic mass is 32.1. The molecule has 0 aliphatic carbocycles. The minimum atomic E-state index is -4.42. The normalized spacial score (nSPS) is 14.8. The molecule has 4 rings (SSSR count). The molecule has 0 unspecified atom stereocenters. The van der Waals surface area contributed by atoms with Crippen molar-refractivity contribution in [2.75, 3.05) is 11.6 Å². The van der Waals surface area contributed by atoms with Crippen molar-refractivity contribution >= 4 is 23.1 Å². The first-order valence-electron chi connectivity index (χ1n) is 8.01. The highest BCUT2D eigenvalue weighted by molar-refractivity contribution is 7.07. The largest absolute Gasteiger partial charge is 0.416 e. The molecule has 0 fully saturated rings. The summed E-state index contributed by atoms with van der Waals surface area (Å²) in [5.41, 5.74) is 0.0600. The van der Waals surface area contributed by atoms with Crippen LogP contribution in [0.4, 0.5) is 18.9 Å². The number of alkyl halides is 3. The van der Waals surface area contributed by atoms with E-state index in [4.69, 9.17) is 0 Å². The van der Waals surface area contributed by atoms with Crippen LogP contribution in [0.25, 0.3) is 6.08 Å². The Hall–Kier alpha value is -2.94. The number of pyridine rings is 1. The summed E-state index contributed by atoms with van der Waals surface area (Å²) in [4.78, 5) is 23.4. The van der Waals surface area contributed by atoms with E-state index in [0.717, 1.165) is 12.1 Å². The summed E-state index contributed by atoms with van der Waals surface area (Å²) in [5.74, 6) is 0. The Bertz CT molecular complexity index is 1150. The topological polar surface area (TPSA) is 50.5 Å². The van der Waals surface area contributed by atoms with Gasteiger partial charge in [-0.25, -0.2) is 4.99 Å². The number of fused-ring (bicyclic) bond motifs is 1. The maximum absolute atomic E-state index is 12.9. The van der Waals surface area contributed by atoms with Gasteiger partial charge in [-0.05, 0) is 36.4 Å². The van der Waals surface area contributed by atoms with Gasteiger partial charge in [0.05, 0.1) is 15.8 Å². The molecule has 27 heavy (non-hydrogen) atoms. The van der Waals surface area contributed by atoms with Crippen molar-refractivity contribution in [3.05, 3.63) is 79.6 Å². The number of thiazole rings is 1. The number of hydrogen-bond donors (Lipinski definition) is 0. The van der Waals surface area contributed by atoms with E-state index in [9.17, 15) is 18.0 Å². The lowest BCUT2D eigenvalue weighted by Gasteiger charge is -2.26. The minimum Gasteiger partial charge on any atom is -0.334 e. The van der Waals surface area contributed by atoms with Gasteiger partial charge >= 0.3 is 6.18 Å². The van der Waals surface area contributed by atoms with Gasteiger partial charge in [-0.15, -0.1) is 0 Å². The lowest BCUT2D eigenvalue weighted by atomic mass is 10.2. The lowest BCUT2D eigenvalue weighted by Crippen LogP contribution is -2.42. The molecule has 3 heterocycles. The van der Waals surface area contributed by atoms with Gasteiger partial charge in [0.1, 0.15) is 13.3 Å². The molecule has 1 aromatic carbocycles. The van der Waals surface area contributed by atoms with Gasteiger partial charge in [-0.2, -0.15) is 13.2 Å². The average Bonchev–Trinajstić information content (AvgIpc) is 2.97. The predicted octanol–water partition coefficient (Wildman–Crippen LogP) is 2.21. The van der Waals surface area contributed by atoms with Crippen molar-refractivity contribution in [2.24, 2.45) is 4.99 Å². The second-order valence-corrected chi connectivity index (χ2v) is 6.92. The van der Waals surface area contributed by atoms with Crippen LogP contribution in [-0.2, 0) is 12.8 Å². The number of rotatable bonds is 2. The van der Waals surface area contributed by atoms with Gasteiger partial charge in [-0.3, -0.25) is 14.3 Å². The molecule has 0 radical (unpaired) electrons. The highest BCUT2D eigenvalue weighted by Gasteiger charge is 2.31. The Labute approximate surface area is 155 Å². The predicted molar refractivity (Wildman–Crippen MR) is 96.0 cm³/mol. The van der Waals surface area contributed by atoms with Gasteiger partial charge in [0.25, 0.3) is 5.56 Å². The third kappa shape index (κ3) is 3.50. The highest BCUT2D eigenvalue weighted by Crippen LogP contribution is 2.31. The van der Waals surface area contributed by atoms with Gasteiger partial charge in [0, 0.05) is 11.9 Å². The molecule has 0 atom stereocenters. The number of anilines is 1. The van der Waals surface area contributed by atoms with Crippen LogP contribution < -0.4 is 19.8 Å². The van der Waals surface area contributed by atoms with E-state index in [0.29, 0.717) is 20.7 Å². The summed E-state index contributed by atoms with van der Waals surface area (Å²) in [7, 11) is 0. The summed E-state index contributed by atoms with van der Waals surface area (Å²) in [6.07, 6.45) is -1.10. The van der Waals surface area contributed by atoms with Crippen LogP contribution in [0.3, 0.4) is 0 Å². The Morgan fingerprint density at radius 3 is 2.74 bits per heavy atom. The fraction of sp³-hybridized carbons (Fsp3) is 0.167. The van der Waals surface area contributed by atoms with Crippen LogP contribution in [0.1, 0.15) is 11.3 Å². The first-order chi connectivity index (χ1) is 12.9. The molecule has 0 amide bonds. The lowest BCUT2D eigenvalue weighted by molar-refractivity contribution is -0.137. The third-order valence-corrected chi connectivity index (χ3v) is 5.13. The Morgan fingerprint density at radius 2 is 2.00 bits per heavy atom. The van der Waals surface area contributed by atoms with Crippen LogP contribution in [0.2, 0.25) is 0 Å². The zero-order valence-corrected chi connectivity index (χ0v) is 14.7. The maximum atomic E-state index is 12.9. The second-order valence-electron chi connectivity index (χ2n) is 5.91. The first-order valence-corrected chi connectivity index (χ1v) is 8.82. The van der Waals surface area contributed by atoms with Gasteiger partial charge in [0.2, 0.25) is 0 Å². The van der Waals surface area contributed by atoms with E-state index in [-0.39, 0.29) is 18.9 Å². The van der Waals surface area contributed by atoms with Crippen LogP contribution >= 0.6 is 11.3 Å². The molecule has 0 saturated carbocycles. The molecule has 0 spiro atoms. The summed E-state index contributed by atoms with van der Waals surface area (Å²) in [5, 5.41) is 0. The molecule has 3 aromatic rings. The summed E-state index contributed by atoms with van der Waals surface area (Å²) >= 11 is 1.24. The zero-order chi connectivity index (χ0) is 19.0. The fourth-order valence-corrected chi connectivity index (χ4v) is 3.70. The van der Waals surface area contributed by atoms with Gasteiger partial charge < -0.3 is 4.90 Å². The monoisotopic (exact) mass is 390 g/mol. The molecule has 0 N–H and O–H groups in total. The van der Waals surface area contributed by atoms with E-state index in [1.165, 1.54) is 22.0 Å². The number of halogens is 3. The minimum absolute atomic E-state index is 0.144. The van der Waals surface area contributed by atoms with E-state index in [2.05, 4.69) is 9.98 Å². The number of aromatic nitrogens is 2. The fourth-order valence-electron chi connectivity index (χ4n) is 2.75. The molecule has 1 aliphatic heterocycles. The zero-order valence-electron chi connectivity index (χ0n) is 13.8. The van der Waals surface area contributed by atoms with Crippen LogP contribution in [0, 0.1) is 0 Å². The van der Waals surface area contributed by atoms with E-state index in [1.807, 2.05) is 6.07 Å². The molecule has 138 valence electrons. The standard InChI is InChI=1S/C18H13F3N4OS/c19-18(20,21)12-4-3-6-14(8-12)24-10-23-17-25(11-24)16(26)15(27-17)9-13-5-1-2-7-22-13/h1-9H,10-11H2/b15-9+. The summed E-state index contributed by atoms with van der Waals surface area (Å²) in [6, 6.07) is 10.4. The van der Waals surface area contributed by atoms with Gasteiger partial charge in [0.15, 0.2) is 4.80 Å². The van der Waals surface area contributed by atoms with Crippen LogP contribution in [0.15, 0.2) is 58.4 Å².